The zero-order chi connectivity index (χ0) is 13.4. The van der Waals surface area contributed by atoms with Crippen LogP contribution in [-0.4, -0.2) is 5.97 Å². The van der Waals surface area contributed by atoms with E-state index in [0.29, 0.717) is 0 Å². The van der Waals surface area contributed by atoms with Gasteiger partial charge in [-0.2, -0.15) is 0 Å². The highest BCUT2D eigenvalue weighted by Crippen LogP contribution is 2.09. The average molecular weight is 249 g/mol. The summed E-state index contributed by atoms with van der Waals surface area (Å²) >= 11 is 0. The molecule has 0 radical (unpaired) electrons. The third-order valence-corrected chi connectivity index (χ3v) is 3.14. The SMILES string of the molecule is CCCCc1ccc[n+](CCCC)c1CC(=O)[O-]. The second-order valence-electron chi connectivity index (χ2n) is 4.68. The second kappa shape index (κ2) is 7.85. The van der Waals surface area contributed by atoms with Gasteiger partial charge in [-0.3, -0.25) is 0 Å². The van der Waals surface area contributed by atoms with Crippen LogP contribution in [0.3, 0.4) is 0 Å². The number of aliphatic carboxylic acids is 1. The van der Waals surface area contributed by atoms with Gasteiger partial charge in [0.05, 0.1) is 12.4 Å². The molecular weight excluding hydrogens is 226 g/mol. The van der Waals surface area contributed by atoms with E-state index >= 15 is 0 Å². The van der Waals surface area contributed by atoms with Gasteiger partial charge in [-0.25, -0.2) is 4.57 Å². The van der Waals surface area contributed by atoms with E-state index in [2.05, 4.69) is 18.4 Å². The van der Waals surface area contributed by atoms with Crippen LogP contribution in [-0.2, 0) is 24.2 Å². The maximum Gasteiger partial charge on any atom is 0.190 e. The Bertz CT molecular complexity index is 362. The smallest absolute Gasteiger partial charge is 0.190 e. The average Bonchev–Trinajstić information content (AvgIpc) is 2.35. The highest BCUT2D eigenvalue weighted by atomic mass is 16.4. The molecule has 3 nitrogen and oxygen atoms in total. The first kappa shape index (κ1) is 14.7. The number of carbonyl (C=O) groups excluding carboxylic acids is 1. The predicted molar refractivity (Wildman–Crippen MR) is 68.9 cm³/mol. The molecule has 0 atom stereocenters. The van der Waals surface area contributed by atoms with Crippen LogP contribution in [0.15, 0.2) is 18.3 Å². The molecule has 3 heteroatoms. The molecule has 0 bridgehead atoms. The fourth-order valence-corrected chi connectivity index (χ4v) is 2.12. The van der Waals surface area contributed by atoms with E-state index in [1.807, 2.05) is 18.3 Å². The Hall–Kier alpha value is -1.38. The van der Waals surface area contributed by atoms with Crippen molar-refractivity contribution >= 4 is 5.97 Å². The van der Waals surface area contributed by atoms with Gasteiger partial charge in [-0.1, -0.05) is 26.7 Å². The van der Waals surface area contributed by atoms with Crippen molar-refractivity contribution < 1.29 is 14.5 Å². The van der Waals surface area contributed by atoms with E-state index in [-0.39, 0.29) is 6.42 Å². The number of rotatable bonds is 8. The van der Waals surface area contributed by atoms with Crippen molar-refractivity contribution in [3.63, 3.8) is 0 Å². The zero-order valence-corrected chi connectivity index (χ0v) is 11.4. The summed E-state index contributed by atoms with van der Waals surface area (Å²) in [6.45, 7) is 5.17. The van der Waals surface area contributed by atoms with Crippen molar-refractivity contribution in [2.75, 3.05) is 0 Å². The molecule has 0 aliphatic heterocycles. The van der Waals surface area contributed by atoms with Crippen molar-refractivity contribution in [3.05, 3.63) is 29.6 Å². The fourth-order valence-electron chi connectivity index (χ4n) is 2.12. The predicted octanol–water partition coefficient (Wildman–Crippen LogP) is 1.41. The summed E-state index contributed by atoms with van der Waals surface area (Å²) in [6.07, 6.45) is 7.34. The Morgan fingerprint density at radius 3 is 2.61 bits per heavy atom. The van der Waals surface area contributed by atoms with Crippen LogP contribution < -0.4 is 9.67 Å². The van der Waals surface area contributed by atoms with Gasteiger partial charge in [0.15, 0.2) is 11.9 Å². The van der Waals surface area contributed by atoms with Crippen LogP contribution >= 0.6 is 0 Å². The standard InChI is InChI=1S/C15H23NO2/c1-3-5-8-13-9-7-11-16(10-6-4-2)14(13)12-15(17)18/h7,9,11H,3-6,8,10,12H2,1-2H3. The maximum absolute atomic E-state index is 10.9. The highest BCUT2D eigenvalue weighted by molar-refractivity contribution is 5.67. The van der Waals surface area contributed by atoms with Crippen molar-refractivity contribution in [2.24, 2.45) is 0 Å². The number of aryl methyl sites for hydroxylation is 2. The molecule has 0 saturated carbocycles. The molecular formula is C15H23NO2. The number of hydrogen-bond acceptors (Lipinski definition) is 2. The molecule has 0 amide bonds. The normalized spacial score (nSPS) is 10.6. The summed E-state index contributed by atoms with van der Waals surface area (Å²) in [7, 11) is 0. The van der Waals surface area contributed by atoms with Gasteiger partial charge in [0.2, 0.25) is 0 Å². The van der Waals surface area contributed by atoms with Gasteiger partial charge in [-0.05, 0) is 18.9 Å². The largest absolute Gasteiger partial charge is 0.550 e. The van der Waals surface area contributed by atoms with Gasteiger partial charge in [0.25, 0.3) is 0 Å². The molecule has 1 aromatic rings. The first-order valence-electron chi connectivity index (χ1n) is 6.89. The monoisotopic (exact) mass is 249 g/mol. The summed E-state index contributed by atoms with van der Waals surface area (Å²) in [6, 6.07) is 4.05. The van der Waals surface area contributed by atoms with E-state index in [0.717, 1.165) is 49.9 Å². The molecule has 0 aliphatic carbocycles. The lowest BCUT2D eigenvalue weighted by Gasteiger charge is -2.09. The zero-order valence-electron chi connectivity index (χ0n) is 11.4. The molecule has 0 unspecified atom stereocenters. The first-order chi connectivity index (χ1) is 8.69. The van der Waals surface area contributed by atoms with Gasteiger partial charge in [0.1, 0.15) is 6.54 Å². The Morgan fingerprint density at radius 1 is 1.28 bits per heavy atom. The molecule has 1 rings (SSSR count). The van der Waals surface area contributed by atoms with Crippen molar-refractivity contribution in [3.8, 4) is 0 Å². The van der Waals surface area contributed by atoms with Crippen LogP contribution in [0.2, 0.25) is 0 Å². The Kier molecular flexibility index (Phi) is 6.40. The quantitative estimate of drug-likeness (QED) is 0.654. The molecule has 18 heavy (non-hydrogen) atoms. The first-order valence-corrected chi connectivity index (χ1v) is 6.89. The molecule has 0 fully saturated rings. The minimum Gasteiger partial charge on any atom is -0.550 e. The maximum atomic E-state index is 10.9. The number of pyridine rings is 1. The van der Waals surface area contributed by atoms with Gasteiger partial charge >= 0.3 is 0 Å². The third kappa shape index (κ3) is 4.47. The molecule has 0 N–H and O–H groups in total. The molecule has 100 valence electrons. The van der Waals surface area contributed by atoms with Gasteiger partial charge in [0, 0.05) is 18.1 Å². The van der Waals surface area contributed by atoms with Gasteiger partial charge < -0.3 is 9.90 Å². The van der Waals surface area contributed by atoms with E-state index in [9.17, 15) is 9.90 Å². The lowest BCUT2D eigenvalue weighted by Crippen LogP contribution is -2.42. The van der Waals surface area contributed by atoms with E-state index in [1.54, 1.807) is 0 Å². The van der Waals surface area contributed by atoms with Crippen LogP contribution in [0.25, 0.3) is 0 Å². The second-order valence-corrected chi connectivity index (χ2v) is 4.68. The summed E-state index contributed by atoms with van der Waals surface area (Å²) in [5, 5.41) is 10.9. The molecule has 0 saturated heterocycles. The van der Waals surface area contributed by atoms with Crippen molar-refractivity contribution in [1.82, 2.24) is 0 Å². The topological polar surface area (TPSA) is 44.0 Å². The lowest BCUT2D eigenvalue weighted by molar-refractivity contribution is -0.704. The molecule has 1 aromatic heterocycles. The lowest BCUT2D eigenvalue weighted by atomic mass is 10.0. The number of carboxylic acids is 1. The highest BCUT2D eigenvalue weighted by Gasteiger charge is 2.15. The van der Waals surface area contributed by atoms with Crippen LogP contribution in [0.4, 0.5) is 0 Å². The number of hydrogen-bond donors (Lipinski definition) is 0. The summed E-state index contributed by atoms with van der Waals surface area (Å²) in [4.78, 5) is 10.9. The molecule has 0 aliphatic rings. The number of carboxylic acid groups (broad SMARTS) is 1. The Morgan fingerprint density at radius 2 is 2.00 bits per heavy atom. The number of nitrogens with zero attached hydrogens (tertiary/aromatic N) is 1. The minimum absolute atomic E-state index is 0.0175. The minimum atomic E-state index is -0.996. The van der Waals surface area contributed by atoms with E-state index in [4.69, 9.17) is 0 Å². The molecule has 0 spiro atoms. The fraction of sp³-hybridized carbons (Fsp3) is 0.600. The summed E-state index contributed by atoms with van der Waals surface area (Å²) < 4.78 is 2.07. The summed E-state index contributed by atoms with van der Waals surface area (Å²) in [5.74, 6) is -0.996. The van der Waals surface area contributed by atoms with E-state index in [1.165, 1.54) is 0 Å². The molecule has 0 aromatic carbocycles. The van der Waals surface area contributed by atoms with Crippen molar-refractivity contribution in [1.29, 1.82) is 0 Å². The Labute approximate surface area is 109 Å². The number of aromatic nitrogens is 1. The number of carbonyl (C=O) groups is 1. The number of unbranched alkanes of at least 4 members (excludes halogenated alkanes) is 2. The van der Waals surface area contributed by atoms with E-state index < -0.39 is 5.97 Å². The van der Waals surface area contributed by atoms with Crippen LogP contribution in [0.5, 0.6) is 0 Å². The van der Waals surface area contributed by atoms with Crippen molar-refractivity contribution in [2.45, 2.75) is 58.9 Å². The van der Waals surface area contributed by atoms with Gasteiger partial charge in [-0.15, -0.1) is 0 Å². The Balaban J connectivity index is 2.96. The summed E-state index contributed by atoms with van der Waals surface area (Å²) in [5.41, 5.74) is 2.07. The van der Waals surface area contributed by atoms with Crippen LogP contribution in [0.1, 0.15) is 50.8 Å². The third-order valence-electron chi connectivity index (χ3n) is 3.14. The van der Waals surface area contributed by atoms with Crippen LogP contribution in [0, 0.1) is 0 Å². The molecule has 1 heterocycles.